The standard InChI is InChI=1S/C9H13N.C6H13NO3S/c1-2-10-8-9-6-4-3-5-7-9;8-11(9,10)7-6-4-2-1-3-5-6/h3-7,10H,2,8H2,1H3;6-7H,1-5H2,(H,8,9,10). The summed E-state index contributed by atoms with van der Waals surface area (Å²) < 4.78 is 32.8. The molecule has 6 heteroatoms. The van der Waals surface area contributed by atoms with Crippen molar-refractivity contribution in [3.63, 3.8) is 0 Å². The number of hydrogen-bond acceptors (Lipinski definition) is 3. The number of nitrogens with two attached hydrogens (primary N) is 1. The fourth-order valence-corrected chi connectivity index (χ4v) is 2.99. The molecule has 0 aromatic heterocycles. The van der Waals surface area contributed by atoms with Crippen molar-refractivity contribution < 1.29 is 18.3 Å². The summed E-state index contributed by atoms with van der Waals surface area (Å²) in [6.45, 7) is 4.44. The van der Waals surface area contributed by atoms with Crippen LogP contribution in [0.25, 0.3) is 0 Å². The van der Waals surface area contributed by atoms with Crippen molar-refractivity contribution in [2.75, 3.05) is 6.54 Å². The van der Waals surface area contributed by atoms with Gasteiger partial charge < -0.3 is 9.87 Å². The van der Waals surface area contributed by atoms with Gasteiger partial charge in [0.05, 0.1) is 6.54 Å². The zero-order valence-electron chi connectivity index (χ0n) is 12.6. The van der Waals surface area contributed by atoms with Gasteiger partial charge in [0.15, 0.2) is 10.3 Å². The maximum Gasteiger partial charge on any atom is 0.159 e. The Morgan fingerprint density at radius 1 is 1.19 bits per heavy atom. The highest BCUT2D eigenvalue weighted by Gasteiger charge is 2.14. The van der Waals surface area contributed by atoms with Crippen LogP contribution in [-0.4, -0.2) is 25.6 Å². The Morgan fingerprint density at radius 2 is 1.81 bits per heavy atom. The number of nitrogens with one attached hydrogen (secondary N) is 1. The molecule has 0 unspecified atom stereocenters. The summed E-state index contributed by atoms with van der Waals surface area (Å²) in [5.41, 5.74) is 1.41. The minimum atomic E-state index is -4.22. The zero-order chi connectivity index (χ0) is 15.6. The molecular formula is C15H26N2O3S. The summed E-state index contributed by atoms with van der Waals surface area (Å²) in [6, 6.07) is 10.4. The molecule has 5 nitrogen and oxygen atoms in total. The highest BCUT2D eigenvalue weighted by atomic mass is 32.2. The molecule has 0 amide bonds. The number of rotatable bonds is 5. The van der Waals surface area contributed by atoms with Gasteiger partial charge in [-0.1, -0.05) is 49.6 Å². The maximum atomic E-state index is 10.2. The van der Waals surface area contributed by atoms with Crippen LogP contribution in [0.1, 0.15) is 44.6 Å². The molecule has 1 fully saturated rings. The van der Waals surface area contributed by atoms with Gasteiger partial charge in [0, 0.05) is 11.6 Å². The van der Waals surface area contributed by atoms with Crippen LogP contribution in [0, 0.1) is 0 Å². The molecule has 0 spiro atoms. The van der Waals surface area contributed by atoms with E-state index in [1.807, 2.05) is 0 Å². The highest BCUT2D eigenvalue weighted by molar-refractivity contribution is 7.83. The topological polar surface area (TPSA) is 85.8 Å². The summed E-state index contributed by atoms with van der Waals surface area (Å²) in [6.07, 6.45) is 4.81. The summed E-state index contributed by atoms with van der Waals surface area (Å²) >= 11 is 0. The zero-order valence-corrected chi connectivity index (χ0v) is 13.4. The molecule has 0 aliphatic heterocycles. The van der Waals surface area contributed by atoms with Gasteiger partial charge in [-0.05, 0) is 19.8 Å². The number of quaternary nitrogens is 1. The predicted molar refractivity (Wildman–Crippen MR) is 82.3 cm³/mol. The summed E-state index contributed by atoms with van der Waals surface area (Å²) in [7, 11) is -4.22. The average Bonchev–Trinajstić information content (AvgIpc) is 2.46. The third-order valence-electron chi connectivity index (χ3n) is 3.43. The van der Waals surface area contributed by atoms with Gasteiger partial charge in [-0.15, -0.1) is 0 Å². The normalized spacial score (nSPS) is 16.1. The predicted octanol–water partition coefficient (Wildman–Crippen LogP) is 1.14. The molecule has 1 aromatic carbocycles. The van der Waals surface area contributed by atoms with Crippen LogP contribution >= 0.6 is 0 Å². The highest BCUT2D eigenvalue weighted by Crippen LogP contribution is 2.17. The Balaban J connectivity index is 0.000000211. The first-order chi connectivity index (χ1) is 10.0. The Hall–Kier alpha value is -0.950. The van der Waals surface area contributed by atoms with E-state index in [9.17, 15) is 13.0 Å². The van der Waals surface area contributed by atoms with Crippen molar-refractivity contribution in [3.05, 3.63) is 35.9 Å². The first-order valence-electron chi connectivity index (χ1n) is 7.60. The van der Waals surface area contributed by atoms with E-state index in [0.29, 0.717) is 0 Å². The molecule has 1 aromatic rings. The summed E-state index contributed by atoms with van der Waals surface area (Å²) in [5, 5.41) is 2.29. The quantitative estimate of drug-likeness (QED) is 0.799. The third kappa shape index (κ3) is 9.57. The van der Waals surface area contributed by atoms with Crippen LogP contribution in [-0.2, 0) is 16.8 Å². The smallest absolute Gasteiger partial charge is 0.159 e. The molecule has 0 bridgehead atoms. The second-order valence-corrected chi connectivity index (χ2v) is 6.44. The molecule has 3 N–H and O–H groups in total. The molecule has 0 radical (unpaired) electrons. The SMILES string of the molecule is CC[NH2+]Cc1ccccc1.O=S(=O)([O-])NC1CCCCC1. The number of benzene rings is 1. The van der Waals surface area contributed by atoms with Gasteiger partial charge >= 0.3 is 0 Å². The van der Waals surface area contributed by atoms with Crippen molar-refractivity contribution in [1.82, 2.24) is 4.72 Å². The fraction of sp³-hybridized carbons (Fsp3) is 0.600. The van der Waals surface area contributed by atoms with Gasteiger partial charge in [-0.3, -0.25) is 0 Å². The van der Waals surface area contributed by atoms with E-state index in [2.05, 4.69) is 47.3 Å². The maximum absolute atomic E-state index is 10.2. The first kappa shape index (κ1) is 18.1. The first-order valence-corrected chi connectivity index (χ1v) is 9.01. The molecule has 0 heterocycles. The van der Waals surface area contributed by atoms with Crippen LogP contribution in [0.2, 0.25) is 0 Å². The van der Waals surface area contributed by atoms with E-state index in [0.717, 1.165) is 45.2 Å². The lowest BCUT2D eigenvalue weighted by Crippen LogP contribution is -2.81. The van der Waals surface area contributed by atoms with Crippen molar-refractivity contribution in [2.45, 2.75) is 51.6 Å². The molecular weight excluding hydrogens is 288 g/mol. The summed E-state index contributed by atoms with van der Waals surface area (Å²) in [4.78, 5) is 0. The van der Waals surface area contributed by atoms with Crippen LogP contribution in [0.5, 0.6) is 0 Å². The monoisotopic (exact) mass is 314 g/mol. The summed E-state index contributed by atoms with van der Waals surface area (Å²) in [5.74, 6) is 0. The molecule has 120 valence electrons. The largest absolute Gasteiger partial charge is 0.735 e. The Kier molecular flexibility index (Phi) is 8.52. The minimum absolute atomic E-state index is 0.105. The van der Waals surface area contributed by atoms with E-state index in [-0.39, 0.29) is 6.04 Å². The second-order valence-electron chi connectivity index (χ2n) is 5.29. The van der Waals surface area contributed by atoms with Crippen molar-refractivity contribution >= 4 is 10.3 Å². The lowest BCUT2D eigenvalue weighted by atomic mass is 9.96. The molecule has 0 atom stereocenters. The minimum Gasteiger partial charge on any atom is -0.735 e. The molecule has 1 aliphatic rings. The Morgan fingerprint density at radius 3 is 2.33 bits per heavy atom. The Bertz CT molecular complexity index is 471. The molecule has 21 heavy (non-hydrogen) atoms. The molecule has 1 aliphatic carbocycles. The van der Waals surface area contributed by atoms with Crippen LogP contribution < -0.4 is 10.0 Å². The van der Waals surface area contributed by atoms with E-state index < -0.39 is 10.3 Å². The van der Waals surface area contributed by atoms with Gasteiger partial charge in [0.25, 0.3) is 0 Å². The average molecular weight is 314 g/mol. The third-order valence-corrected chi connectivity index (χ3v) is 4.05. The molecule has 2 rings (SSSR count). The lowest BCUT2D eigenvalue weighted by molar-refractivity contribution is -0.667. The van der Waals surface area contributed by atoms with Crippen molar-refractivity contribution in [3.8, 4) is 0 Å². The van der Waals surface area contributed by atoms with E-state index >= 15 is 0 Å². The van der Waals surface area contributed by atoms with Gasteiger partial charge in [0.2, 0.25) is 0 Å². The van der Waals surface area contributed by atoms with Crippen LogP contribution in [0.4, 0.5) is 0 Å². The van der Waals surface area contributed by atoms with E-state index in [1.54, 1.807) is 0 Å². The van der Waals surface area contributed by atoms with E-state index in [4.69, 9.17) is 0 Å². The second kappa shape index (κ2) is 9.89. The van der Waals surface area contributed by atoms with Crippen LogP contribution in [0.15, 0.2) is 30.3 Å². The van der Waals surface area contributed by atoms with Crippen molar-refractivity contribution in [1.29, 1.82) is 0 Å². The van der Waals surface area contributed by atoms with Gasteiger partial charge in [0.1, 0.15) is 6.54 Å². The van der Waals surface area contributed by atoms with Gasteiger partial charge in [-0.25, -0.2) is 13.1 Å². The van der Waals surface area contributed by atoms with Crippen molar-refractivity contribution in [2.24, 2.45) is 0 Å². The van der Waals surface area contributed by atoms with Gasteiger partial charge in [-0.2, -0.15) is 0 Å². The molecule has 0 saturated heterocycles. The lowest BCUT2D eigenvalue weighted by Gasteiger charge is -2.23. The number of hydrogen-bond donors (Lipinski definition) is 2. The van der Waals surface area contributed by atoms with E-state index in [1.165, 1.54) is 5.56 Å². The Labute approximate surface area is 128 Å². The van der Waals surface area contributed by atoms with Crippen LogP contribution in [0.3, 0.4) is 0 Å². The fourth-order valence-electron chi connectivity index (χ4n) is 2.35. The molecule has 1 saturated carbocycles.